The summed E-state index contributed by atoms with van der Waals surface area (Å²) in [6.07, 6.45) is 3.33. The second kappa shape index (κ2) is 5.68. The first-order valence-corrected chi connectivity index (χ1v) is 3.62. The molecule has 0 fully saturated rings. The Morgan fingerprint density at radius 2 is 2.09 bits per heavy atom. The lowest BCUT2D eigenvalue weighted by Gasteiger charge is -1.98. The van der Waals surface area contributed by atoms with E-state index in [0.717, 1.165) is 5.56 Å². The molecule has 0 aliphatic carbocycles. The number of nitrogens with zero attached hydrogens (tertiary/aromatic N) is 1. The summed E-state index contributed by atoms with van der Waals surface area (Å²) in [5, 5.41) is 0. The summed E-state index contributed by atoms with van der Waals surface area (Å²) < 4.78 is 0. The first-order valence-electron chi connectivity index (χ1n) is 3.62. The van der Waals surface area contributed by atoms with E-state index in [1.807, 2.05) is 20.8 Å². The SMILES string of the molecule is CC.Cc1cnccc1ON. The van der Waals surface area contributed by atoms with Gasteiger partial charge < -0.3 is 4.84 Å². The normalized spacial score (nSPS) is 8.00. The first kappa shape index (κ1) is 9.91. The minimum Gasteiger partial charge on any atom is -0.411 e. The van der Waals surface area contributed by atoms with Gasteiger partial charge in [0.15, 0.2) is 5.75 Å². The Morgan fingerprint density at radius 1 is 1.45 bits per heavy atom. The summed E-state index contributed by atoms with van der Waals surface area (Å²) in [5.74, 6) is 5.59. The molecule has 1 aromatic heterocycles. The van der Waals surface area contributed by atoms with Gasteiger partial charge in [-0.05, 0) is 6.92 Å². The van der Waals surface area contributed by atoms with Gasteiger partial charge in [-0.1, -0.05) is 13.8 Å². The van der Waals surface area contributed by atoms with Gasteiger partial charge in [0.1, 0.15) is 0 Å². The van der Waals surface area contributed by atoms with Crippen LogP contribution >= 0.6 is 0 Å². The molecule has 0 aliphatic heterocycles. The largest absolute Gasteiger partial charge is 0.411 e. The predicted octanol–water partition coefficient (Wildman–Crippen LogP) is 1.67. The lowest BCUT2D eigenvalue weighted by molar-refractivity contribution is 0.331. The average Bonchev–Trinajstić information content (AvgIpc) is 2.09. The smallest absolute Gasteiger partial charge is 0.152 e. The van der Waals surface area contributed by atoms with Crippen molar-refractivity contribution in [3.05, 3.63) is 24.0 Å². The van der Waals surface area contributed by atoms with Crippen molar-refractivity contribution in [2.75, 3.05) is 0 Å². The zero-order valence-electron chi connectivity index (χ0n) is 7.16. The average molecular weight is 154 g/mol. The highest BCUT2D eigenvalue weighted by atomic mass is 16.6. The first-order chi connectivity index (χ1) is 5.34. The fraction of sp³-hybridized carbons (Fsp3) is 0.375. The Balaban J connectivity index is 0.000000461. The van der Waals surface area contributed by atoms with Crippen molar-refractivity contribution < 1.29 is 4.84 Å². The van der Waals surface area contributed by atoms with Crippen LogP contribution < -0.4 is 10.7 Å². The molecular weight excluding hydrogens is 140 g/mol. The molecule has 62 valence electrons. The molecule has 3 heteroatoms. The van der Waals surface area contributed by atoms with Gasteiger partial charge in [-0.3, -0.25) is 4.98 Å². The Labute approximate surface area is 67.2 Å². The topological polar surface area (TPSA) is 48.1 Å². The van der Waals surface area contributed by atoms with Crippen LogP contribution in [0.5, 0.6) is 5.75 Å². The number of nitrogens with two attached hydrogens (primary N) is 1. The second-order valence-electron chi connectivity index (χ2n) is 1.76. The van der Waals surface area contributed by atoms with Gasteiger partial charge in [0.25, 0.3) is 0 Å². The van der Waals surface area contributed by atoms with Gasteiger partial charge in [0.2, 0.25) is 0 Å². The molecule has 0 aliphatic rings. The van der Waals surface area contributed by atoms with E-state index in [4.69, 9.17) is 5.90 Å². The third-order valence-corrected chi connectivity index (χ3v) is 1.10. The van der Waals surface area contributed by atoms with Crippen LogP contribution in [0.15, 0.2) is 18.5 Å². The van der Waals surface area contributed by atoms with Crippen LogP contribution in [0.25, 0.3) is 0 Å². The maximum Gasteiger partial charge on any atom is 0.152 e. The van der Waals surface area contributed by atoms with Crippen LogP contribution in [0.4, 0.5) is 0 Å². The van der Waals surface area contributed by atoms with E-state index in [9.17, 15) is 0 Å². The van der Waals surface area contributed by atoms with E-state index in [2.05, 4.69) is 9.82 Å². The van der Waals surface area contributed by atoms with Gasteiger partial charge in [0, 0.05) is 24.0 Å². The minimum absolute atomic E-state index is 0.671. The maximum absolute atomic E-state index is 4.92. The van der Waals surface area contributed by atoms with Crippen molar-refractivity contribution in [1.29, 1.82) is 0 Å². The van der Waals surface area contributed by atoms with Gasteiger partial charge in [-0.15, -0.1) is 0 Å². The van der Waals surface area contributed by atoms with Crippen LogP contribution in [0.3, 0.4) is 0 Å². The zero-order valence-corrected chi connectivity index (χ0v) is 7.16. The summed E-state index contributed by atoms with van der Waals surface area (Å²) in [6.45, 7) is 5.88. The lowest BCUT2D eigenvalue weighted by atomic mass is 10.3. The Kier molecular flexibility index (Phi) is 5.11. The van der Waals surface area contributed by atoms with E-state index in [-0.39, 0.29) is 0 Å². The summed E-state index contributed by atoms with van der Waals surface area (Å²) in [6, 6.07) is 1.72. The number of hydrogen-bond donors (Lipinski definition) is 1. The monoisotopic (exact) mass is 154 g/mol. The molecule has 3 nitrogen and oxygen atoms in total. The summed E-state index contributed by atoms with van der Waals surface area (Å²) >= 11 is 0. The van der Waals surface area contributed by atoms with Crippen molar-refractivity contribution in [3.63, 3.8) is 0 Å². The standard InChI is InChI=1S/C6H8N2O.C2H6/c1-5-4-8-3-2-6(5)9-7;1-2/h2-4H,7H2,1H3;1-2H3. The third kappa shape index (κ3) is 3.00. The van der Waals surface area contributed by atoms with E-state index in [0.29, 0.717) is 5.75 Å². The van der Waals surface area contributed by atoms with E-state index in [1.165, 1.54) is 0 Å². The highest BCUT2D eigenvalue weighted by Gasteiger charge is 1.93. The number of aryl methyl sites for hydroxylation is 1. The highest BCUT2D eigenvalue weighted by molar-refractivity contribution is 5.27. The fourth-order valence-corrected chi connectivity index (χ4v) is 0.593. The molecule has 0 spiro atoms. The second-order valence-corrected chi connectivity index (χ2v) is 1.76. The van der Waals surface area contributed by atoms with Crippen LogP contribution in [0.2, 0.25) is 0 Å². The molecule has 0 saturated carbocycles. The molecule has 1 rings (SSSR count). The summed E-state index contributed by atoms with van der Waals surface area (Å²) in [5.41, 5.74) is 0.944. The van der Waals surface area contributed by atoms with Crippen molar-refractivity contribution >= 4 is 0 Å². The van der Waals surface area contributed by atoms with Crippen molar-refractivity contribution in [2.45, 2.75) is 20.8 Å². The molecule has 0 radical (unpaired) electrons. The molecule has 0 unspecified atom stereocenters. The van der Waals surface area contributed by atoms with Crippen LogP contribution in [0.1, 0.15) is 19.4 Å². The molecule has 0 saturated heterocycles. The lowest BCUT2D eigenvalue weighted by Crippen LogP contribution is -2.02. The molecule has 2 N–H and O–H groups in total. The number of hydrogen-bond acceptors (Lipinski definition) is 3. The molecule has 0 bridgehead atoms. The Morgan fingerprint density at radius 3 is 2.45 bits per heavy atom. The van der Waals surface area contributed by atoms with Crippen LogP contribution in [0, 0.1) is 6.92 Å². The summed E-state index contributed by atoms with van der Waals surface area (Å²) in [4.78, 5) is 8.36. The number of pyridine rings is 1. The molecule has 0 aromatic carbocycles. The van der Waals surface area contributed by atoms with Gasteiger partial charge >= 0.3 is 0 Å². The van der Waals surface area contributed by atoms with Crippen molar-refractivity contribution in [3.8, 4) is 5.75 Å². The van der Waals surface area contributed by atoms with Gasteiger partial charge in [-0.25, -0.2) is 0 Å². The Bertz CT molecular complexity index is 201. The van der Waals surface area contributed by atoms with Gasteiger partial charge in [-0.2, -0.15) is 5.90 Å². The van der Waals surface area contributed by atoms with E-state index < -0.39 is 0 Å². The molecule has 11 heavy (non-hydrogen) atoms. The molecule has 1 heterocycles. The maximum atomic E-state index is 4.92. The fourth-order valence-electron chi connectivity index (χ4n) is 0.593. The van der Waals surface area contributed by atoms with Crippen LogP contribution in [-0.2, 0) is 0 Å². The minimum atomic E-state index is 0.671. The Hall–Kier alpha value is -1.09. The molecule has 1 aromatic rings. The molecule has 0 atom stereocenters. The zero-order chi connectivity index (χ0) is 8.69. The number of aromatic nitrogens is 1. The van der Waals surface area contributed by atoms with E-state index >= 15 is 0 Å². The predicted molar refractivity (Wildman–Crippen MR) is 45.1 cm³/mol. The molecule has 0 amide bonds. The highest BCUT2D eigenvalue weighted by Crippen LogP contribution is 2.11. The molecular formula is C8H14N2O. The van der Waals surface area contributed by atoms with Gasteiger partial charge in [0.05, 0.1) is 0 Å². The van der Waals surface area contributed by atoms with Crippen molar-refractivity contribution in [1.82, 2.24) is 4.98 Å². The third-order valence-electron chi connectivity index (χ3n) is 1.10. The van der Waals surface area contributed by atoms with Crippen LogP contribution in [-0.4, -0.2) is 4.98 Å². The van der Waals surface area contributed by atoms with Crippen molar-refractivity contribution in [2.24, 2.45) is 5.90 Å². The quantitative estimate of drug-likeness (QED) is 0.626. The number of rotatable bonds is 1. The van der Waals surface area contributed by atoms with E-state index in [1.54, 1.807) is 18.5 Å². The summed E-state index contributed by atoms with van der Waals surface area (Å²) in [7, 11) is 0.